The molecule has 33 heavy (non-hydrogen) atoms. The van der Waals surface area contributed by atoms with E-state index in [1.807, 2.05) is 18.2 Å². The van der Waals surface area contributed by atoms with Crippen molar-refractivity contribution in [3.05, 3.63) is 77.3 Å². The molecule has 0 saturated heterocycles. The summed E-state index contributed by atoms with van der Waals surface area (Å²) in [6, 6.07) is 19.6. The van der Waals surface area contributed by atoms with Crippen LogP contribution in [0.1, 0.15) is 12.5 Å². The average molecular weight is 486 g/mol. The Kier molecular flexibility index (Phi) is 6.63. The molecule has 6 nitrogen and oxygen atoms in total. The van der Waals surface area contributed by atoms with Gasteiger partial charge in [0, 0.05) is 17.7 Å². The van der Waals surface area contributed by atoms with Gasteiger partial charge in [-0.3, -0.25) is 4.79 Å². The molecule has 0 unspecified atom stereocenters. The number of carbonyl (C=O) groups is 1. The van der Waals surface area contributed by atoms with Crippen molar-refractivity contribution in [3.8, 4) is 22.6 Å². The van der Waals surface area contributed by atoms with Gasteiger partial charge in [-0.25, -0.2) is 8.42 Å². The van der Waals surface area contributed by atoms with Crippen molar-refractivity contribution in [1.29, 1.82) is 0 Å². The highest BCUT2D eigenvalue weighted by Crippen LogP contribution is 2.33. The summed E-state index contributed by atoms with van der Waals surface area (Å²) in [4.78, 5) is 12.7. The molecule has 0 aromatic heterocycles. The van der Waals surface area contributed by atoms with Gasteiger partial charge in [0.1, 0.15) is 17.6 Å². The molecule has 0 aliphatic carbocycles. The molecule has 1 aliphatic rings. The Bertz CT molecular complexity index is 1270. The fourth-order valence-corrected chi connectivity index (χ4v) is 4.48. The first-order chi connectivity index (χ1) is 15.7. The van der Waals surface area contributed by atoms with E-state index in [0.717, 1.165) is 22.4 Å². The highest BCUT2D eigenvalue weighted by molar-refractivity contribution is 7.90. The van der Waals surface area contributed by atoms with Crippen molar-refractivity contribution in [2.45, 2.75) is 30.4 Å². The van der Waals surface area contributed by atoms with E-state index in [2.05, 4.69) is 5.32 Å². The molecule has 3 aromatic rings. The molecule has 4 rings (SSSR count). The van der Waals surface area contributed by atoms with E-state index in [9.17, 15) is 13.2 Å². The third-order valence-corrected chi connectivity index (χ3v) is 6.76. The quantitative estimate of drug-likeness (QED) is 0.539. The van der Waals surface area contributed by atoms with Crippen LogP contribution in [0.3, 0.4) is 0 Å². The molecule has 0 spiro atoms. The minimum absolute atomic E-state index is 0.176. The van der Waals surface area contributed by atoms with Crippen LogP contribution in [-0.2, 0) is 21.1 Å². The Morgan fingerprint density at radius 1 is 1.12 bits per heavy atom. The van der Waals surface area contributed by atoms with Gasteiger partial charge in [-0.05, 0) is 66.1 Å². The lowest BCUT2D eigenvalue weighted by molar-refractivity contribution is -0.127. The first-order valence-electron chi connectivity index (χ1n) is 10.5. The molecule has 0 saturated carbocycles. The highest BCUT2D eigenvalue weighted by atomic mass is 35.5. The molecule has 0 radical (unpaired) electrons. The van der Waals surface area contributed by atoms with Crippen molar-refractivity contribution in [1.82, 2.24) is 5.32 Å². The van der Waals surface area contributed by atoms with E-state index in [0.29, 0.717) is 28.6 Å². The topological polar surface area (TPSA) is 81.7 Å². The van der Waals surface area contributed by atoms with Crippen LogP contribution in [0.15, 0.2) is 71.6 Å². The molecular weight excluding hydrogens is 462 g/mol. The summed E-state index contributed by atoms with van der Waals surface area (Å²) in [5, 5.41) is 3.43. The first-order valence-corrected chi connectivity index (χ1v) is 12.8. The molecule has 1 amide bonds. The van der Waals surface area contributed by atoms with Crippen LogP contribution >= 0.6 is 11.6 Å². The number of amides is 1. The largest absolute Gasteiger partial charge is 0.488 e. The minimum atomic E-state index is -3.23. The average Bonchev–Trinajstić information content (AvgIpc) is 3.19. The second-order valence-corrected chi connectivity index (χ2v) is 10.5. The van der Waals surface area contributed by atoms with E-state index >= 15 is 0 Å². The standard InChI is InChI=1S/C25H24ClNO5S/c1-16(31-21-5-3-4-20(26)14-21)25(28)27-15-22-13-19-12-18(8-11-24(19)32-22)17-6-9-23(10-7-17)33(2,29)30/h3-12,14,16,22H,13,15H2,1-2H3,(H,27,28)/t16-,22-/m1/s1. The molecule has 2 atom stereocenters. The van der Waals surface area contributed by atoms with Crippen molar-refractivity contribution >= 4 is 27.3 Å². The third-order valence-electron chi connectivity index (χ3n) is 5.40. The number of fused-ring (bicyclic) bond motifs is 1. The van der Waals surface area contributed by atoms with Crippen molar-refractivity contribution in [2.24, 2.45) is 0 Å². The lowest BCUT2D eigenvalue weighted by Crippen LogP contribution is -2.41. The summed E-state index contributed by atoms with van der Waals surface area (Å²) in [6.07, 6.45) is 1.01. The maximum atomic E-state index is 12.4. The molecule has 172 valence electrons. The summed E-state index contributed by atoms with van der Waals surface area (Å²) in [7, 11) is -3.23. The number of nitrogens with one attached hydrogen (secondary N) is 1. The lowest BCUT2D eigenvalue weighted by atomic mass is 10.0. The van der Waals surface area contributed by atoms with Crippen molar-refractivity contribution < 1.29 is 22.7 Å². The van der Waals surface area contributed by atoms with Crippen LogP contribution < -0.4 is 14.8 Å². The van der Waals surface area contributed by atoms with Gasteiger partial charge < -0.3 is 14.8 Å². The summed E-state index contributed by atoms with van der Waals surface area (Å²) in [5.74, 6) is 1.09. The van der Waals surface area contributed by atoms with Gasteiger partial charge in [-0.15, -0.1) is 0 Å². The molecule has 1 N–H and O–H groups in total. The second kappa shape index (κ2) is 9.45. The first kappa shape index (κ1) is 23.1. The van der Waals surface area contributed by atoms with Gasteiger partial charge in [0.05, 0.1) is 11.4 Å². The van der Waals surface area contributed by atoms with Crippen molar-refractivity contribution in [2.75, 3.05) is 12.8 Å². The number of ether oxygens (including phenoxy) is 2. The number of hydrogen-bond acceptors (Lipinski definition) is 5. The molecule has 0 bridgehead atoms. The minimum Gasteiger partial charge on any atom is -0.488 e. The number of sulfone groups is 1. The number of halogens is 1. The SMILES string of the molecule is C[C@@H](Oc1cccc(Cl)c1)C(=O)NC[C@H]1Cc2cc(-c3ccc(S(C)(=O)=O)cc3)ccc2O1. The molecule has 8 heteroatoms. The van der Waals surface area contributed by atoms with E-state index < -0.39 is 15.9 Å². The molecule has 0 fully saturated rings. The fourth-order valence-electron chi connectivity index (χ4n) is 3.66. The molecular formula is C25H24ClNO5S. The maximum Gasteiger partial charge on any atom is 0.260 e. The van der Waals surface area contributed by atoms with Crippen LogP contribution in [0.25, 0.3) is 11.1 Å². The van der Waals surface area contributed by atoms with Crippen LogP contribution in [0.4, 0.5) is 0 Å². The fraction of sp³-hybridized carbons (Fsp3) is 0.240. The van der Waals surface area contributed by atoms with E-state index in [-0.39, 0.29) is 12.0 Å². The zero-order valence-corrected chi connectivity index (χ0v) is 19.8. The Morgan fingerprint density at radius 2 is 1.85 bits per heavy atom. The van der Waals surface area contributed by atoms with Gasteiger partial charge in [0.2, 0.25) is 0 Å². The summed E-state index contributed by atoms with van der Waals surface area (Å²) >= 11 is 5.95. The number of carbonyl (C=O) groups excluding carboxylic acids is 1. The van der Waals surface area contributed by atoms with Gasteiger partial charge in [-0.1, -0.05) is 35.9 Å². The Hall–Kier alpha value is -3.03. The second-order valence-electron chi connectivity index (χ2n) is 8.03. The Balaban J connectivity index is 1.34. The van der Waals surface area contributed by atoms with Gasteiger partial charge in [-0.2, -0.15) is 0 Å². The summed E-state index contributed by atoms with van der Waals surface area (Å²) in [5.41, 5.74) is 2.95. The third kappa shape index (κ3) is 5.67. The highest BCUT2D eigenvalue weighted by Gasteiger charge is 2.25. The van der Waals surface area contributed by atoms with E-state index in [1.54, 1.807) is 55.5 Å². The molecule has 1 aliphatic heterocycles. The number of rotatable bonds is 7. The van der Waals surface area contributed by atoms with Crippen LogP contribution in [0.5, 0.6) is 11.5 Å². The number of hydrogen-bond donors (Lipinski definition) is 1. The van der Waals surface area contributed by atoms with Gasteiger partial charge >= 0.3 is 0 Å². The van der Waals surface area contributed by atoms with Crippen molar-refractivity contribution in [3.63, 3.8) is 0 Å². The lowest BCUT2D eigenvalue weighted by Gasteiger charge is -2.17. The zero-order valence-electron chi connectivity index (χ0n) is 18.2. The summed E-state index contributed by atoms with van der Waals surface area (Å²) < 4.78 is 35.0. The predicted molar refractivity (Wildman–Crippen MR) is 128 cm³/mol. The van der Waals surface area contributed by atoms with Crippen LogP contribution in [-0.4, -0.2) is 39.3 Å². The summed E-state index contributed by atoms with van der Waals surface area (Å²) in [6.45, 7) is 2.04. The monoisotopic (exact) mass is 485 g/mol. The van der Waals surface area contributed by atoms with Gasteiger partial charge in [0.15, 0.2) is 15.9 Å². The predicted octanol–water partition coefficient (Wildman–Crippen LogP) is 4.30. The smallest absolute Gasteiger partial charge is 0.260 e. The van der Waals surface area contributed by atoms with Crippen LogP contribution in [0, 0.1) is 0 Å². The Morgan fingerprint density at radius 3 is 2.55 bits per heavy atom. The van der Waals surface area contributed by atoms with E-state index in [1.165, 1.54) is 6.26 Å². The van der Waals surface area contributed by atoms with Crippen LogP contribution in [0.2, 0.25) is 5.02 Å². The zero-order chi connectivity index (χ0) is 23.6. The molecule has 3 aromatic carbocycles. The maximum absolute atomic E-state index is 12.4. The van der Waals surface area contributed by atoms with E-state index in [4.69, 9.17) is 21.1 Å². The van der Waals surface area contributed by atoms with Gasteiger partial charge in [0.25, 0.3) is 5.91 Å². The normalized spacial score (nSPS) is 15.9. The molecule has 1 heterocycles. The Labute approximate surface area is 198 Å². The number of benzene rings is 3.